The number of hydrogen-bond donors (Lipinski definition) is 4. The minimum absolute atomic E-state index is 0.617. The molecule has 0 aromatic carbocycles. The zero-order valence-corrected chi connectivity index (χ0v) is 6.15. The van der Waals surface area contributed by atoms with Crippen LogP contribution < -0.4 is 10.5 Å². The first-order valence-electron chi connectivity index (χ1n) is 2.01. The Bertz CT molecular complexity index is 138. The number of amides is 2. The third-order valence-electron chi connectivity index (χ3n) is 0.628. The van der Waals surface area contributed by atoms with Gasteiger partial charge in [0.2, 0.25) is 5.91 Å². The van der Waals surface area contributed by atoms with Gasteiger partial charge in [0, 0.05) is 0 Å². The fraction of sp³-hybridized carbons (Fsp3) is 0.333. The molecule has 3 N–H and O–H groups in total. The highest BCUT2D eigenvalue weighted by molar-refractivity contribution is 7.83. The van der Waals surface area contributed by atoms with Crippen LogP contribution in [-0.2, 0) is 9.59 Å². The van der Waals surface area contributed by atoms with Crippen LogP contribution in [0.15, 0.2) is 0 Å². The van der Waals surface area contributed by atoms with Gasteiger partial charge in [0.15, 0.2) is 5.25 Å². The van der Waals surface area contributed by atoms with Crippen LogP contribution in [0.1, 0.15) is 0 Å². The second kappa shape index (κ2) is 3.62. The van der Waals surface area contributed by atoms with E-state index in [0.29, 0.717) is 0 Å². The number of carbonyl (C=O) groups excluding carboxylic acids is 2. The van der Waals surface area contributed by atoms with Crippen LogP contribution >= 0.6 is 25.4 Å². The van der Waals surface area contributed by atoms with Crippen molar-refractivity contribution in [2.45, 2.75) is 5.25 Å². The number of hydrogen-bond acceptors (Lipinski definition) is 4. The van der Waals surface area contributed by atoms with E-state index in [0.717, 1.165) is 0 Å². The number of thiol groups is 2. The summed E-state index contributed by atoms with van der Waals surface area (Å²) in [6.07, 6.45) is 0. The molecular formula is C3H6N2O2S2. The van der Waals surface area contributed by atoms with Crippen LogP contribution in [0.5, 0.6) is 0 Å². The van der Waals surface area contributed by atoms with Crippen LogP contribution in [0.4, 0.5) is 0 Å². The first kappa shape index (κ1) is 8.64. The molecule has 6 heteroatoms. The van der Waals surface area contributed by atoms with Crippen molar-refractivity contribution < 1.29 is 9.59 Å². The van der Waals surface area contributed by atoms with Crippen LogP contribution in [0, 0.1) is 0 Å². The lowest BCUT2D eigenvalue weighted by Crippen LogP contribution is -2.36. The topological polar surface area (TPSA) is 72.2 Å². The molecule has 4 nitrogen and oxygen atoms in total. The van der Waals surface area contributed by atoms with Crippen molar-refractivity contribution in [2.75, 3.05) is 0 Å². The van der Waals surface area contributed by atoms with Crippen molar-refractivity contribution in [3.05, 3.63) is 0 Å². The summed E-state index contributed by atoms with van der Waals surface area (Å²) in [6.45, 7) is 0. The number of nitrogens with one attached hydrogen (secondary N) is 1. The summed E-state index contributed by atoms with van der Waals surface area (Å²) in [7, 11) is 0. The van der Waals surface area contributed by atoms with Gasteiger partial charge in [-0.3, -0.25) is 9.59 Å². The van der Waals surface area contributed by atoms with Crippen LogP contribution in [0.25, 0.3) is 0 Å². The highest BCUT2D eigenvalue weighted by Gasteiger charge is 2.17. The van der Waals surface area contributed by atoms with Gasteiger partial charge in [0.05, 0.1) is 0 Å². The van der Waals surface area contributed by atoms with Crippen molar-refractivity contribution >= 4 is 37.3 Å². The zero-order valence-electron chi connectivity index (χ0n) is 4.37. The predicted octanol–water partition coefficient (Wildman–Crippen LogP) is -1.27. The van der Waals surface area contributed by atoms with Gasteiger partial charge in [-0.2, -0.15) is 12.6 Å². The lowest BCUT2D eigenvalue weighted by molar-refractivity contribution is -0.125. The smallest absolute Gasteiger partial charge is 0.252 e. The van der Waals surface area contributed by atoms with Gasteiger partial charge < -0.3 is 10.5 Å². The molecule has 0 radical (unpaired) electrons. The molecule has 0 heterocycles. The summed E-state index contributed by atoms with van der Waals surface area (Å²) in [6, 6.07) is 0. The molecule has 0 aliphatic heterocycles. The van der Waals surface area contributed by atoms with E-state index in [-0.39, 0.29) is 0 Å². The average Bonchev–Trinajstić information content (AvgIpc) is 1.84. The van der Waals surface area contributed by atoms with Gasteiger partial charge in [0.25, 0.3) is 5.91 Å². The lowest BCUT2D eigenvalue weighted by Gasteiger charge is -2.01. The molecule has 0 bridgehead atoms. The molecule has 0 aromatic heterocycles. The summed E-state index contributed by atoms with van der Waals surface area (Å²) in [4.78, 5) is 20.5. The molecule has 0 spiro atoms. The van der Waals surface area contributed by atoms with Gasteiger partial charge in [-0.15, -0.1) is 0 Å². The Labute approximate surface area is 63.1 Å². The molecule has 0 aliphatic carbocycles. The van der Waals surface area contributed by atoms with Crippen molar-refractivity contribution in [1.82, 2.24) is 4.72 Å². The van der Waals surface area contributed by atoms with Gasteiger partial charge >= 0.3 is 0 Å². The molecule has 2 amide bonds. The molecule has 0 aromatic rings. The standard InChI is InChI=1S/C3H6N2O2S2/c4-2(6)1(8)3(7)5-9/h1,8-9H,(H2,4,6)(H,5,7). The van der Waals surface area contributed by atoms with Crippen LogP contribution in [-0.4, -0.2) is 17.1 Å². The Balaban J connectivity index is 3.88. The first-order valence-corrected chi connectivity index (χ1v) is 2.97. The van der Waals surface area contributed by atoms with Crippen LogP contribution in [0.2, 0.25) is 0 Å². The van der Waals surface area contributed by atoms with Crippen molar-refractivity contribution in [3.8, 4) is 0 Å². The Morgan fingerprint density at radius 1 is 1.56 bits per heavy atom. The minimum atomic E-state index is -1.11. The maximum atomic E-state index is 10.4. The fourth-order valence-electron chi connectivity index (χ4n) is 0.190. The molecule has 1 atom stereocenters. The SMILES string of the molecule is NC(=O)C(S)C(=O)NS. The van der Waals surface area contributed by atoms with E-state index in [1.165, 1.54) is 0 Å². The van der Waals surface area contributed by atoms with Crippen LogP contribution in [0.3, 0.4) is 0 Å². The Morgan fingerprint density at radius 3 is 2.11 bits per heavy atom. The highest BCUT2D eigenvalue weighted by atomic mass is 32.1. The second-order valence-corrected chi connectivity index (χ2v) is 2.02. The average molecular weight is 166 g/mol. The molecule has 0 saturated carbocycles. The van der Waals surface area contributed by atoms with E-state index in [9.17, 15) is 9.59 Å². The van der Waals surface area contributed by atoms with Crippen molar-refractivity contribution in [3.63, 3.8) is 0 Å². The quantitative estimate of drug-likeness (QED) is 0.305. The normalized spacial score (nSPS) is 12.2. The van der Waals surface area contributed by atoms with Gasteiger partial charge in [-0.1, -0.05) is 12.8 Å². The summed E-state index contributed by atoms with van der Waals surface area (Å²) >= 11 is 6.96. The molecule has 1 unspecified atom stereocenters. The monoisotopic (exact) mass is 166 g/mol. The summed E-state index contributed by atoms with van der Waals surface area (Å²) < 4.78 is 1.92. The van der Waals surface area contributed by atoms with E-state index in [1.807, 2.05) is 4.72 Å². The molecule has 0 aliphatic rings. The lowest BCUT2D eigenvalue weighted by atomic mass is 10.4. The van der Waals surface area contributed by atoms with E-state index in [4.69, 9.17) is 5.73 Å². The molecule has 0 fully saturated rings. The summed E-state index contributed by atoms with van der Waals surface area (Å²) in [5, 5.41) is -1.11. The maximum absolute atomic E-state index is 10.4. The summed E-state index contributed by atoms with van der Waals surface area (Å²) in [5.74, 6) is -1.40. The largest absolute Gasteiger partial charge is 0.368 e. The third kappa shape index (κ3) is 2.62. The van der Waals surface area contributed by atoms with Gasteiger partial charge in [-0.05, 0) is 0 Å². The Kier molecular flexibility index (Phi) is 3.48. The van der Waals surface area contributed by atoms with E-state index in [2.05, 4.69) is 25.4 Å². The third-order valence-corrected chi connectivity index (χ3v) is 1.34. The van der Waals surface area contributed by atoms with E-state index < -0.39 is 17.1 Å². The maximum Gasteiger partial charge on any atom is 0.252 e. The first-order chi connectivity index (χ1) is 4.09. The second-order valence-electron chi connectivity index (χ2n) is 1.28. The molecule has 9 heavy (non-hydrogen) atoms. The Morgan fingerprint density at radius 2 is 2.00 bits per heavy atom. The molecule has 0 saturated heterocycles. The van der Waals surface area contributed by atoms with Crippen molar-refractivity contribution in [1.29, 1.82) is 0 Å². The highest BCUT2D eigenvalue weighted by Crippen LogP contribution is 1.92. The van der Waals surface area contributed by atoms with E-state index in [1.54, 1.807) is 0 Å². The Hall–Kier alpha value is -0.360. The predicted molar refractivity (Wildman–Crippen MR) is 39.1 cm³/mol. The minimum Gasteiger partial charge on any atom is -0.368 e. The number of nitrogens with two attached hydrogens (primary N) is 1. The fourth-order valence-corrected chi connectivity index (χ4v) is 0.486. The number of primary amides is 1. The number of rotatable bonds is 2. The van der Waals surface area contributed by atoms with Gasteiger partial charge in [0.1, 0.15) is 0 Å². The van der Waals surface area contributed by atoms with Gasteiger partial charge in [-0.25, -0.2) is 0 Å². The van der Waals surface area contributed by atoms with Crippen molar-refractivity contribution in [2.24, 2.45) is 5.73 Å². The summed E-state index contributed by atoms with van der Waals surface area (Å²) in [5.41, 5.74) is 4.70. The molecule has 52 valence electrons. The number of carbonyl (C=O) groups is 2. The molecular weight excluding hydrogens is 160 g/mol. The van der Waals surface area contributed by atoms with E-state index >= 15 is 0 Å². The zero-order chi connectivity index (χ0) is 7.44. The molecule has 0 rings (SSSR count).